The molecule has 6 heterocycles. The molecule has 2 aliphatic heterocycles. The lowest BCUT2D eigenvalue weighted by Crippen LogP contribution is -2.51. The van der Waals surface area contributed by atoms with Gasteiger partial charge in [0.05, 0.1) is 33.5 Å². The van der Waals surface area contributed by atoms with Gasteiger partial charge in [-0.05, 0) is 101 Å². The molecule has 2 aliphatic rings. The zero-order valence-electron chi connectivity index (χ0n) is 43.1. The van der Waals surface area contributed by atoms with E-state index in [1.807, 2.05) is 119 Å². The molecule has 10 rings (SSSR count). The van der Waals surface area contributed by atoms with Gasteiger partial charge in [-0.3, -0.25) is 14.4 Å². The Bertz CT molecular complexity index is 3650. The van der Waals surface area contributed by atoms with Crippen LogP contribution in [0.3, 0.4) is 0 Å². The number of aromatic nitrogens is 6. The lowest BCUT2D eigenvalue weighted by molar-refractivity contribution is -0.126. The maximum absolute atomic E-state index is 14.8. The Morgan fingerprint density at radius 2 is 0.920 bits per heavy atom. The molecule has 15 nitrogen and oxygen atoms in total. The van der Waals surface area contributed by atoms with Crippen LogP contribution in [0.15, 0.2) is 131 Å². The smallest absolute Gasteiger partial charge is 0.410 e. The van der Waals surface area contributed by atoms with E-state index in [0.29, 0.717) is 120 Å². The van der Waals surface area contributed by atoms with Crippen LogP contribution < -0.4 is 20.9 Å². The Morgan fingerprint density at radius 3 is 1.29 bits per heavy atom. The zero-order valence-corrected chi connectivity index (χ0v) is 43.1. The number of ether oxygens (including phenoxy) is 1. The number of piperazine rings is 2. The summed E-state index contributed by atoms with van der Waals surface area (Å²) in [5.74, 6) is -0.0495. The first-order valence-corrected chi connectivity index (χ1v) is 24.8. The van der Waals surface area contributed by atoms with Crippen molar-refractivity contribution in [3.05, 3.63) is 177 Å². The molecule has 8 aromatic rings. The minimum absolute atomic E-state index is 0.122. The van der Waals surface area contributed by atoms with Crippen molar-refractivity contribution in [2.75, 3.05) is 62.2 Å². The highest BCUT2D eigenvalue weighted by atomic mass is 19.1. The largest absolute Gasteiger partial charge is 0.444 e. The number of amides is 2. The van der Waals surface area contributed by atoms with Crippen molar-refractivity contribution in [1.82, 2.24) is 39.0 Å². The van der Waals surface area contributed by atoms with Crippen LogP contribution in [-0.4, -0.2) is 109 Å². The molecule has 0 atom stereocenters. The molecule has 0 radical (unpaired) electrons. The predicted molar refractivity (Wildman–Crippen MR) is 288 cm³/mol. The van der Waals surface area contributed by atoms with E-state index in [1.165, 1.54) is 18.2 Å². The summed E-state index contributed by atoms with van der Waals surface area (Å²) in [6.07, 6.45) is 0.940. The Hall–Kier alpha value is -8.60. The van der Waals surface area contributed by atoms with Crippen LogP contribution in [0.2, 0.25) is 0 Å². The average molecular weight is 1010 g/mol. The van der Waals surface area contributed by atoms with Crippen LogP contribution >= 0.6 is 0 Å². The molecular formula is C58H58F2N10O5. The third-order valence-corrected chi connectivity index (χ3v) is 13.4. The third kappa shape index (κ3) is 10.5. The van der Waals surface area contributed by atoms with Crippen molar-refractivity contribution in [3.63, 3.8) is 0 Å². The van der Waals surface area contributed by atoms with Crippen molar-refractivity contribution in [2.24, 2.45) is 0 Å². The summed E-state index contributed by atoms with van der Waals surface area (Å²) in [4.78, 5) is 68.0. The van der Waals surface area contributed by atoms with E-state index in [1.54, 1.807) is 55.2 Å². The fourth-order valence-electron chi connectivity index (χ4n) is 9.59. The number of carbonyl (C=O) groups excluding carboxylic acids is 2. The van der Waals surface area contributed by atoms with E-state index < -0.39 is 5.60 Å². The van der Waals surface area contributed by atoms with Crippen molar-refractivity contribution in [3.8, 4) is 44.5 Å². The van der Waals surface area contributed by atoms with Crippen molar-refractivity contribution in [2.45, 2.75) is 54.1 Å². The maximum atomic E-state index is 14.8. The van der Waals surface area contributed by atoms with Crippen LogP contribution in [0, 0.1) is 39.3 Å². The third-order valence-electron chi connectivity index (χ3n) is 13.4. The van der Waals surface area contributed by atoms with Crippen LogP contribution in [0.4, 0.5) is 25.5 Å². The first-order valence-electron chi connectivity index (χ1n) is 24.8. The van der Waals surface area contributed by atoms with Crippen LogP contribution in [0.25, 0.3) is 55.5 Å². The molecule has 2 amide bonds. The molecule has 75 heavy (non-hydrogen) atoms. The van der Waals surface area contributed by atoms with Gasteiger partial charge < -0.3 is 24.3 Å². The summed E-state index contributed by atoms with van der Waals surface area (Å²) in [7, 11) is 0. The summed E-state index contributed by atoms with van der Waals surface area (Å²) in [6, 6.07) is 32.0. The van der Waals surface area contributed by atoms with Crippen molar-refractivity contribution in [1.29, 1.82) is 0 Å². The van der Waals surface area contributed by atoms with Crippen LogP contribution in [0.1, 0.15) is 43.3 Å². The number of hydrogen-bond donors (Lipinski definition) is 0. The topological polar surface area (TPSA) is 151 Å². The second-order valence-corrected chi connectivity index (χ2v) is 19.6. The minimum atomic E-state index is -0.581. The van der Waals surface area contributed by atoms with Crippen LogP contribution in [0.5, 0.6) is 0 Å². The molecule has 0 spiro atoms. The highest BCUT2D eigenvalue weighted by molar-refractivity contribution is 5.88. The highest BCUT2D eigenvalue weighted by Crippen LogP contribution is 2.34. The monoisotopic (exact) mass is 1010 g/mol. The Morgan fingerprint density at radius 1 is 0.547 bits per heavy atom. The molecular weight excluding hydrogens is 955 g/mol. The maximum Gasteiger partial charge on any atom is 0.410 e. The van der Waals surface area contributed by atoms with Gasteiger partial charge in [0.15, 0.2) is 0 Å². The number of rotatable bonds is 7. The fourth-order valence-corrected chi connectivity index (χ4v) is 9.59. The molecule has 0 bridgehead atoms. The number of carbonyl (C=O) groups is 2. The second kappa shape index (κ2) is 21.1. The van der Waals surface area contributed by atoms with Gasteiger partial charge in [0.25, 0.3) is 11.1 Å². The second-order valence-electron chi connectivity index (χ2n) is 19.6. The number of fused-ring (bicyclic) bond motifs is 2. The van der Waals surface area contributed by atoms with Gasteiger partial charge in [-0.25, -0.2) is 13.6 Å². The molecule has 0 N–H and O–H groups in total. The van der Waals surface area contributed by atoms with Gasteiger partial charge >= 0.3 is 6.09 Å². The minimum Gasteiger partial charge on any atom is -0.444 e. The SMILES string of the molecule is C=CC(=O)N1CCN(c2nc(=O)c(-c3ccccc3C)c3cc(-c4ccccc4F)c(C)nn23)CC1.Cc1ccccc1-c1c(=O)nc(N2CCN(C(=O)OC(C)(C)C)CC2)n2nc(C)c(-c3ccccc3F)cc12. The van der Waals surface area contributed by atoms with E-state index in [0.717, 1.165) is 22.3 Å². The van der Waals surface area contributed by atoms with Crippen molar-refractivity contribution < 1.29 is 23.1 Å². The molecule has 0 unspecified atom stereocenters. The molecule has 2 fully saturated rings. The molecule has 0 aliphatic carbocycles. The van der Waals surface area contributed by atoms with Gasteiger partial charge in [0.2, 0.25) is 17.8 Å². The summed E-state index contributed by atoms with van der Waals surface area (Å²) >= 11 is 0. The van der Waals surface area contributed by atoms with Crippen LogP contribution in [-0.2, 0) is 9.53 Å². The molecule has 384 valence electrons. The molecule has 4 aromatic carbocycles. The van der Waals surface area contributed by atoms with E-state index in [2.05, 4.69) is 16.5 Å². The number of anilines is 2. The van der Waals surface area contributed by atoms with E-state index in [4.69, 9.17) is 14.9 Å². The Balaban J connectivity index is 0.000000184. The normalized spacial score (nSPS) is 13.9. The number of benzene rings is 4. The lowest BCUT2D eigenvalue weighted by atomic mass is 9.98. The van der Waals surface area contributed by atoms with Crippen molar-refractivity contribution >= 4 is 34.9 Å². The predicted octanol–water partition coefficient (Wildman–Crippen LogP) is 9.25. The van der Waals surface area contributed by atoms with E-state index in [9.17, 15) is 28.0 Å². The number of aryl methyl sites for hydroxylation is 4. The Kier molecular flexibility index (Phi) is 14.4. The van der Waals surface area contributed by atoms with Gasteiger partial charge in [-0.15, -0.1) is 0 Å². The molecule has 0 saturated carbocycles. The van der Waals surface area contributed by atoms with Gasteiger partial charge in [-0.2, -0.15) is 29.2 Å². The highest BCUT2D eigenvalue weighted by Gasteiger charge is 2.30. The molecule has 2 saturated heterocycles. The first-order chi connectivity index (χ1) is 35.9. The average Bonchev–Trinajstić information content (AvgIpc) is 3.39. The molecule has 17 heteroatoms. The van der Waals surface area contributed by atoms with Gasteiger partial charge in [-0.1, -0.05) is 91.5 Å². The summed E-state index contributed by atoms with van der Waals surface area (Å²) < 4.78 is 38.5. The molecule has 4 aromatic heterocycles. The summed E-state index contributed by atoms with van der Waals surface area (Å²) in [5, 5.41) is 9.64. The van der Waals surface area contributed by atoms with Gasteiger partial charge in [0, 0.05) is 74.6 Å². The first kappa shape index (κ1) is 51.3. The number of halogens is 2. The fraction of sp³-hybridized carbons (Fsp3) is 0.276. The number of nitrogens with zero attached hydrogens (tertiary/aromatic N) is 10. The summed E-state index contributed by atoms with van der Waals surface area (Å²) in [5.41, 5.74) is 7.18. The van der Waals surface area contributed by atoms with Gasteiger partial charge in [0.1, 0.15) is 17.2 Å². The van der Waals surface area contributed by atoms with E-state index >= 15 is 0 Å². The number of hydrogen-bond acceptors (Lipinski definition) is 11. The quantitative estimate of drug-likeness (QED) is 0.141. The summed E-state index contributed by atoms with van der Waals surface area (Å²) in [6.45, 7) is 20.3. The zero-order chi connectivity index (χ0) is 53.3. The van der Waals surface area contributed by atoms with E-state index in [-0.39, 0.29) is 34.8 Å². The Labute approximate surface area is 433 Å². The standard InChI is InChI=1S/C30H32FN5O3.C28H26FN5O2/c1-19-10-6-7-11-21(19)26-25-18-23(22-12-8-9-13-24(22)31)20(2)33-36(25)28(32-27(26)37)34-14-16-35(17-15-34)29(38)39-30(3,4)5;1-4-25(35)32-13-15-33(16-14-32)28-30-27(36)26(20-10-6-5-9-18(20)2)24-17-22(19(3)31-34(24)28)21-11-7-8-12-23(21)29/h6-13,18H,14-17H2,1-5H3;4-12,17H,1,13-16H2,2-3H3. The lowest BCUT2D eigenvalue weighted by Gasteiger charge is -2.36.